The van der Waals surface area contributed by atoms with Crippen LogP contribution in [0.15, 0.2) is 22.3 Å². The van der Waals surface area contributed by atoms with E-state index in [0.717, 1.165) is 17.4 Å². The molecule has 0 spiro atoms. The Morgan fingerprint density at radius 1 is 1.43 bits per heavy atom. The van der Waals surface area contributed by atoms with Gasteiger partial charge in [0.25, 0.3) is 0 Å². The second kappa shape index (κ2) is 5.09. The lowest BCUT2D eigenvalue weighted by Crippen LogP contribution is -2.22. The number of halogens is 1. The van der Waals surface area contributed by atoms with E-state index in [2.05, 4.69) is 0 Å². The largest absolute Gasteiger partial charge is 0.478 e. The summed E-state index contributed by atoms with van der Waals surface area (Å²) in [5.41, 5.74) is -0.697. The molecule has 0 amide bonds. The van der Waals surface area contributed by atoms with Crippen molar-refractivity contribution in [3.05, 3.63) is 39.1 Å². The van der Waals surface area contributed by atoms with Gasteiger partial charge in [-0.15, -0.1) is 11.3 Å². The lowest BCUT2D eigenvalue weighted by atomic mass is 10.1. The van der Waals surface area contributed by atoms with Crippen molar-refractivity contribution in [2.24, 2.45) is 0 Å². The zero-order chi connectivity index (χ0) is 15.1. The molecule has 5 nitrogen and oxygen atoms in total. The van der Waals surface area contributed by atoms with E-state index in [0.29, 0.717) is 29.9 Å². The first-order valence-electron chi connectivity index (χ1n) is 6.38. The van der Waals surface area contributed by atoms with Crippen molar-refractivity contribution < 1.29 is 19.4 Å². The van der Waals surface area contributed by atoms with E-state index >= 15 is 0 Å². The highest BCUT2D eigenvalue weighted by Crippen LogP contribution is 2.29. The molecule has 0 bridgehead atoms. The summed E-state index contributed by atoms with van der Waals surface area (Å²) >= 11 is 1.09. The van der Waals surface area contributed by atoms with E-state index in [1.54, 1.807) is 11.0 Å². The fourth-order valence-electron chi connectivity index (χ4n) is 2.49. The Kier molecular flexibility index (Phi) is 3.38. The van der Waals surface area contributed by atoms with Crippen LogP contribution in [0.5, 0.6) is 0 Å². The van der Waals surface area contributed by atoms with E-state index in [9.17, 15) is 19.1 Å². The van der Waals surface area contributed by atoms with E-state index in [1.165, 1.54) is 5.38 Å². The van der Waals surface area contributed by atoms with Gasteiger partial charge in [0.2, 0.25) is 5.43 Å². The Morgan fingerprint density at radius 2 is 2.19 bits per heavy atom. The summed E-state index contributed by atoms with van der Waals surface area (Å²) in [6.45, 7) is 0.899. The molecule has 110 valence electrons. The smallest absolute Gasteiger partial charge is 0.340 e. The number of nitrogens with zero attached hydrogens (tertiary/aromatic N) is 1. The predicted molar refractivity (Wildman–Crippen MR) is 77.8 cm³/mol. The van der Waals surface area contributed by atoms with Gasteiger partial charge < -0.3 is 15.1 Å². The van der Waals surface area contributed by atoms with E-state index in [1.807, 2.05) is 0 Å². The van der Waals surface area contributed by atoms with E-state index < -0.39 is 23.3 Å². The average molecular weight is 309 g/mol. The second-order valence-electron chi connectivity index (χ2n) is 4.97. The number of anilines is 1. The summed E-state index contributed by atoms with van der Waals surface area (Å²) in [6.07, 6.45) is 0.0966. The molecule has 0 aliphatic carbocycles. The summed E-state index contributed by atoms with van der Waals surface area (Å²) in [6, 6.07) is 2.63. The molecule has 1 aliphatic heterocycles. The minimum atomic E-state index is -1.31. The van der Waals surface area contributed by atoms with Crippen LogP contribution in [0.2, 0.25) is 0 Å². The van der Waals surface area contributed by atoms with Crippen LogP contribution in [0.4, 0.5) is 10.1 Å². The first-order chi connectivity index (χ1) is 9.97. The highest BCUT2D eigenvalue weighted by Gasteiger charge is 2.24. The fourth-order valence-corrected chi connectivity index (χ4v) is 3.40. The quantitative estimate of drug-likeness (QED) is 0.882. The SMILES string of the molecule is O=C(O)c1csc2cc(N3CCC(O)C3)c(F)cc2c1=O. The van der Waals surface area contributed by atoms with E-state index in [4.69, 9.17) is 5.11 Å². The molecule has 1 saturated heterocycles. The van der Waals surface area contributed by atoms with Gasteiger partial charge in [0.15, 0.2) is 0 Å². The molecule has 0 saturated carbocycles. The number of carbonyl (C=O) groups is 1. The Balaban J connectivity index is 2.15. The molecular formula is C14H12FNO4S. The van der Waals surface area contributed by atoms with Gasteiger partial charge in [0, 0.05) is 28.6 Å². The maximum absolute atomic E-state index is 14.2. The zero-order valence-corrected chi connectivity index (χ0v) is 11.7. The minimum absolute atomic E-state index is 0.0703. The molecule has 1 unspecified atom stereocenters. The van der Waals surface area contributed by atoms with Crippen LogP contribution in [-0.4, -0.2) is 35.4 Å². The molecule has 3 rings (SSSR count). The van der Waals surface area contributed by atoms with Gasteiger partial charge in [-0.05, 0) is 18.6 Å². The van der Waals surface area contributed by atoms with Crippen LogP contribution in [-0.2, 0) is 0 Å². The molecule has 1 atom stereocenters. The number of rotatable bonds is 2. The van der Waals surface area contributed by atoms with Crippen LogP contribution >= 0.6 is 11.3 Å². The number of β-amino-alcohol motifs (C(OH)–C–C–N with tert-alkyl or cyclic N) is 1. The van der Waals surface area contributed by atoms with Crippen molar-refractivity contribution in [2.75, 3.05) is 18.0 Å². The van der Waals surface area contributed by atoms with Crippen LogP contribution in [0.25, 0.3) is 10.1 Å². The lowest BCUT2D eigenvalue weighted by Gasteiger charge is -2.19. The average Bonchev–Trinajstić information content (AvgIpc) is 2.85. The van der Waals surface area contributed by atoms with Crippen LogP contribution in [0.3, 0.4) is 0 Å². The molecule has 1 aliphatic rings. The molecular weight excluding hydrogens is 297 g/mol. The summed E-state index contributed by atoms with van der Waals surface area (Å²) in [5, 5.41) is 19.8. The number of aliphatic hydroxyl groups is 1. The number of aromatic carboxylic acids is 1. The molecule has 0 radical (unpaired) electrons. The molecule has 21 heavy (non-hydrogen) atoms. The van der Waals surface area contributed by atoms with Gasteiger partial charge >= 0.3 is 5.97 Å². The van der Waals surface area contributed by atoms with Gasteiger partial charge in [0.1, 0.15) is 11.4 Å². The highest BCUT2D eigenvalue weighted by atomic mass is 32.1. The van der Waals surface area contributed by atoms with Gasteiger partial charge in [-0.3, -0.25) is 4.79 Å². The number of aliphatic hydroxyl groups excluding tert-OH is 1. The van der Waals surface area contributed by atoms with Gasteiger partial charge in [0.05, 0.1) is 11.8 Å². The number of hydrogen-bond donors (Lipinski definition) is 2. The van der Waals surface area contributed by atoms with E-state index in [-0.39, 0.29) is 10.9 Å². The monoisotopic (exact) mass is 309 g/mol. The standard InChI is InChI=1S/C14H12FNO4S/c15-10-3-8-12(21-6-9(13(8)18)14(19)20)4-11(10)16-2-1-7(17)5-16/h3-4,6-7,17H,1-2,5H2,(H,19,20). The summed E-state index contributed by atoms with van der Waals surface area (Å²) in [7, 11) is 0. The molecule has 7 heteroatoms. The molecule has 2 aromatic rings. The van der Waals surface area contributed by atoms with Crippen molar-refractivity contribution in [3.8, 4) is 0 Å². The van der Waals surface area contributed by atoms with Crippen molar-refractivity contribution in [1.82, 2.24) is 0 Å². The summed E-state index contributed by atoms with van der Waals surface area (Å²) < 4.78 is 14.7. The van der Waals surface area contributed by atoms with Crippen molar-refractivity contribution in [3.63, 3.8) is 0 Å². The van der Waals surface area contributed by atoms with Crippen LogP contribution < -0.4 is 10.3 Å². The normalized spacial score (nSPS) is 18.4. The topological polar surface area (TPSA) is 77.8 Å². The van der Waals surface area contributed by atoms with Gasteiger partial charge in [-0.1, -0.05) is 0 Å². The van der Waals surface area contributed by atoms with Crippen LogP contribution in [0, 0.1) is 5.82 Å². The third-order valence-electron chi connectivity index (χ3n) is 3.58. The molecule has 2 heterocycles. The Labute approximate surface area is 122 Å². The number of hydrogen-bond acceptors (Lipinski definition) is 5. The maximum Gasteiger partial charge on any atom is 0.340 e. The van der Waals surface area contributed by atoms with Gasteiger partial charge in [-0.25, -0.2) is 9.18 Å². The van der Waals surface area contributed by atoms with Crippen molar-refractivity contribution in [1.29, 1.82) is 0 Å². The Morgan fingerprint density at radius 3 is 2.81 bits per heavy atom. The zero-order valence-electron chi connectivity index (χ0n) is 10.9. The summed E-state index contributed by atoms with van der Waals surface area (Å²) in [4.78, 5) is 24.7. The maximum atomic E-state index is 14.2. The first-order valence-corrected chi connectivity index (χ1v) is 7.26. The second-order valence-corrected chi connectivity index (χ2v) is 5.88. The fraction of sp³-hybridized carbons (Fsp3) is 0.286. The van der Waals surface area contributed by atoms with Crippen molar-refractivity contribution >= 4 is 33.1 Å². The highest BCUT2D eigenvalue weighted by molar-refractivity contribution is 7.16. The number of carboxylic acids is 1. The summed E-state index contributed by atoms with van der Waals surface area (Å²) in [5.74, 6) is -1.89. The third kappa shape index (κ3) is 2.38. The first kappa shape index (κ1) is 14.0. The van der Waals surface area contributed by atoms with Crippen molar-refractivity contribution in [2.45, 2.75) is 12.5 Å². The Hall–Kier alpha value is -1.99. The molecule has 2 N–H and O–H groups in total. The third-order valence-corrected chi connectivity index (χ3v) is 4.52. The molecule has 1 aromatic carbocycles. The minimum Gasteiger partial charge on any atom is -0.478 e. The number of fused-ring (bicyclic) bond motifs is 1. The predicted octanol–water partition coefficient (Wildman–Crippen LogP) is 1.67. The van der Waals surface area contributed by atoms with Gasteiger partial charge in [-0.2, -0.15) is 0 Å². The lowest BCUT2D eigenvalue weighted by molar-refractivity contribution is 0.0696. The molecule has 1 fully saturated rings. The molecule has 1 aromatic heterocycles. The number of benzene rings is 1. The number of carboxylic acid groups (broad SMARTS) is 1. The Bertz CT molecular complexity index is 788. The van der Waals surface area contributed by atoms with Crippen LogP contribution in [0.1, 0.15) is 16.8 Å².